The van der Waals surface area contributed by atoms with Gasteiger partial charge in [-0.15, -0.1) is 0 Å². The van der Waals surface area contributed by atoms with E-state index in [1.165, 1.54) is 5.54 Å². The van der Waals surface area contributed by atoms with Crippen LogP contribution < -0.4 is 0 Å². The third-order valence-corrected chi connectivity index (χ3v) is 0.833. The topological polar surface area (TPSA) is 9.23 Å². The van der Waals surface area contributed by atoms with Crippen molar-refractivity contribution in [2.45, 2.75) is 13.8 Å². The molecule has 0 rings (SSSR count). The molecule has 0 fully saturated rings. The fourth-order valence-corrected chi connectivity index (χ4v) is 0.322. The lowest BCUT2D eigenvalue weighted by atomic mass is 10.6. The summed E-state index contributed by atoms with van der Waals surface area (Å²) in [4.78, 5) is 0. The van der Waals surface area contributed by atoms with Crippen LogP contribution in [0, 0.1) is 0 Å². The van der Waals surface area contributed by atoms with Crippen molar-refractivity contribution in [3.8, 4) is 0 Å². The summed E-state index contributed by atoms with van der Waals surface area (Å²) in [6.45, 7) is 4.43. The van der Waals surface area contributed by atoms with Crippen molar-refractivity contribution in [2.75, 3.05) is 6.61 Å². The van der Waals surface area contributed by atoms with Gasteiger partial charge in [0, 0.05) is 5.54 Å². The highest BCUT2D eigenvalue weighted by molar-refractivity contribution is 6.25. The Kier molecular flexibility index (Phi) is 3.90. The predicted octanol–water partition coefficient (Wildman–Crippen LogP) is 2.12. The van der Waals surface area contributed by atoms with Crippen LogP contribution in [0.3, 0.4) is 0 Å². The van der Waals surface area contributed by atoms with Crippen LogP contribution in [0.4, 0.5) is 0 Å². The van der Waals surface area contributed by atoms with Crippen LogP contribution in [0.25, 0.3) is 0 Å². The minimum atomic E-state index is 0.690. The molecule has 0 aliphatic carbocycles. The van der Waals surface area contributed by atoms with E-state index in [1.807, 2.05) is 13.8 Å². The lowest BCUT2D eigenvalue weighted by Gasteiger charge is -1.97. The minimum absolute atomic E-state index is 0.690. The third kappa shape index (κ3) is 3.67. The zero-order chi connectivity index (χ0) is 5.70. The molecule has 0 aromatic rings. The summed E-state index contributed by atoms with van der Waals surface area (Å²) in [6, 6.07) is 0. The third-order valence-electron chi connectivity index (χ3n) is 0.526. The van der Waals surface area contributed by atoms with Crippen molar-refractivity contribution < 1.29 is 4.74 Å². The highest BCUT2D eigenvalue weighted by Crippen LogP contribution is 1.94. The van der Waals surface area contributed by atoms with Gasteiger partial charge in [-0.3, -0.25) is 0 Å². The van der Waals surface area contributed by atoms with Gasteiger partial charge in [0.25, 0.3) is 0 Å². The first-order valence-electron chi connectivity index (χ1n) is 2.21. The van der Waals surface area contributed by atoms with Gasteiger partial charge in [0.05, 0.1) is 6.61 Å². The monoisotopic (exact) mass is 120 g/mol. The number of ether oxygens (including phenoxy) is 1. The second-order valence-electron chi connectivity index (χ2n) is 1.15. The normalized spacial score (nSPS) is 11.6. The Morgan fingerprint density at radius 1 is 1.86 bits per heavy atom. The molecule has 0 N–H and O–H groups in total. The lowest BCUT2D eigenvalue weighted by molar-refractivity contribution is 0.232. The number of hydrogen-bond acceptors (Lipinski definition) is 1. The number of hydrogen-bond donors (Lipinski definition) is 0. The molecule has 1 nitrogen and oxygen atoms in total. The van der Waals surface area contributed by atoms with Crippen LogP contribution in [0.1, 0.15) is 13.8 Å². The van der Waals surface area contributed by atoms with E-state index in [1.54, 1.807) is 0 Å². The Labute approximate surface area is 48.9 Å². The van der Waals surface area contributed by atoms with E-state index >= 15 is 0 Å². The molecule has 7 heavy (non-hydrogen) atoms. The van der Waals surface area contributed by atoms with Gasteiger partial charge >= 0.3 is 0 Å². The number of rotatable bonds is 2. The minimum Gasteiger partial charge on any atom is -0.498 e. The fraction of sp³-hybridized carbons (Fsp3) is 0.600. The maximum Gasteiger partial charge on any atom is 0.104 e. The van der Waals surface area contributed by atoms with Gasteiger partial charge in [-0.25, -0.2) is 0 Å². The first kappa shape index (κ1) is 6.83. The highest BCUT2D eigenvalue weighted by Gasteiger charge is 1.79. The smallest absolute Gasteiger partial charge is 0.104 e. The van der Waals surface area contributed by atoms with Crippen molar-refractivity contribution in [2.24, 2.45) is 0 Å². The molecule has 0 amide bonds. The summed E-state index contributed by atoms with van der Waals surface area (Å²) in [7, 11) is 0. The van der Waals surface area contributed by atoms with Gasteiger partial charge in [-0.05, 0) is 13.8 Å². The molecule has 0 atom stereocenters. The van der Waals surface area contributed by atoms with Gasteiger partial charge in [0.1, 0.15) is 5.76 Å². The Morgan fingerprint density at radius 3 is 2.57 bits per heavy atom. The zero-order valence-electron chi connectivity index (χ0n) is 4.57. The van der Waals surface area contributed by atoms with Gasteiger partial charge in [0.15, 0.2) is 0 Å². The molecule has 42 valence electrons. The molecule has 0 heterocycles. The van der Waals surface area contributed by atoms with E-state index in [4.69, 9.17) is 16.3 Å². The maximum atomic E-state index is 5.24. The Morgan fingerprint density at radius 2 is 2.43 bits per heavy atom. The van der Waals surface area contributed by atoms with Crippen molar-refractivity contribution in [1.29, 1.82) is 0 Å². The quantitative estimate of drug-likeness (QED) is 0.508. The SMILES string of the molecule is CCO/C(C)=C\Cl. The van der Waals surface area contributed by atoms with Gasteiger partial charge in [-0.1, -0.05) is 11.6 Å². The summed E-state index contributed by atoms with van der Waals surface area (Å²) in [5.74, 6) is 0.768. The average Bonchev–Trinajstić information content (AvgIpc) is 1.68. The molecule has 2 heteroatoms. The van der Waals surface area contributed by atoms with Crippen LogP contribution in [-0.2, 0) is 4.74 Å². The second kappa shape index (κ2) is 4.00. The molecular formula is C5H9ClO. The molecular weight excluding hydrogens is 112 g/mol. The molecule has 0 saturated heterocycles. The molecule has 0 aromatic carbocycles. The lowest BCUT2D eigenvalue weighted by Crippen LogP contribution is -1.83. The zero-order valence-corrected chi connectivity index (χ0v) is 5.33. The first-order valence-corrected chi connectivity index (χ1v) is 2.64. The molecule has 0 radical (unpaired) electrons. The number of halogens is 1. The highest BCUT2D eigenvalue weighted by atomic mass is 35.5. The molecule has 0 saturated carbocycles. The van der Waals surface area contributed by atoms with E-state index in [2.05, 4.69) is 0 Å². The summed E-state index contributed by atoms with van der Waals surface area (Å²) in [5.41, 5.74) is 1.42. The van der Waals surface area contributed by atoms with Crippen molar-refractivity contribution in [3.05, 3.63) is 11.3 Å². The molecule has 0 aliphatic rings. The van der Waals surface area contributed by atoms with Crippen LogP contribution in [-0.4, -0.2) is 6.61 Å². The van der Waals surface area contributed by atoms with Crippen LogP contribution in [0.15, 0.2) is 11.3 Å². The maximum absolute atomic E-state index is 5.24. The first-order chi connectivity index (χ1) is 3.31. The summed E-state index contributed by atoms with van der Waals surface area (Å²) in [6.07, 6.45) is 0. The van der Waals surface area contributed by atoms with Crippen LogP contribution in [0.5, 0.6) is 0 Å². The molecule has 0 spiro atoms. The fourth-order valence-electron chi connectivity index (χ4n) is 0.259. The van der Waals surface area contributed by atoms with Crippen molar-refractivity contribution in [1.82, 2.24) is 0 Å². The summed E-state index contributed by atoms with van der Waals surface area (Å²) >= 11 is 5.24. The molecule has 0 bridgehead atoms. The van der Waals surface area contributed by atoms with E-state index in [0.29, 0.717) is 6.61 Å². The summed E-state index contributed by atoms with van der Waals surface area (Å²) in [5, 5.41) is 0. The van der Waals surface area contributed by atoms with Gasteiger partial charge < -0.3 is 4.74 Å². The van der Waals surface area contributed by atoms with Gasteiger partial charge in [0.2, 0.25) is 0 Å². The van der Waals surface area contributed by atoms with Crippen molar-refractivity contribution in [3.63, 3.8) is 0 Å². The average molecular weight is 121 g/mol. The standard InChI is InChI=1S/C5H9ClO/c1-3-7-5(2)4-6/h4H,3H2,1-2H3/b5-4-. The molecule has 0 aromatic heterocycles. The Balaban J connectivity index is 3.17. The molecule has 0 aliphatic heterocycles. The summed E-state index contributed by atoms with van der Waals surface area (Å²) < 4.78 is 4.92. The van der Waals surface area contributed by atoms with Crippen molar-refractivity contribution >= 4 is 11.6 Å². The second-order valence-corrected chi connectivity index (χ2v) is 1.37. The largest absolute Gasteiger partial charge is 0.498 e. The Hall–Kier alpha value is -0.170. The van der Waals surface area contributed by atoms with E-state index < -0.39 is 0 Å². The van der Waals surface area contributed by atoms with E-state index in [0.717, 1.165) is 5.76 Å². The number of allylic oxidation sites excluding steroid dienone is 1. The van der Waals surface area contributed by atoms with Crippen LogP contribution >= 0.6 is 11.6 Å². The molecule has 0 unspecified atom stereocenters. The van der Waals surface area contributed by atoms with Gasteiger partial charge in [-0.2, -0.15) is 0 Å². The predicted molar refractivity (Wildman–Crippen MR) is 31.2 cm³/mol. The van der Waals surface area contributed by atoms with E-state index in [-0.39, 0.29) is 0 Å². The Bertz CT molecular complexity index is 68.5. The van der Waals surface area contributed by atoms with E-state index in [9.17, 15) is 0 Å². The van der Waals surface area contributed by atoms with Crippen LogP contribution in [0.2, 0.25) is 0 Å².